The van der Waals surface area contributed by atoms with Crippen LogP contribution in [0, 0.1) is 0 Å². The van der Waals surface area contributed by atoms with Gasteiger partial charge in [-0.15, -0.1) is 10.2 Å². The van der Waals surface area contributed by atoms with Crippen molar-refractivity contribution in [2.24, 2.45) is 5.10 Å². The number of aromatic nitrogens is 4. The number of amides is 1. The summed E-state index contributed by atoms with van der Waals surface area (Å²) < 4.78 is 12.7. The highest BCUT2D eigenvalue weighted by Crippen LogP contribution is 2.28. The molecule has 1 N–H and O–H groups in total. The third-order valence-electron chi connectivity index (χ3n) is 4.52. The fourth-order valence-electron chi connectivity index (χ4n) is 2.98. The molecule has 0 atom stereocenters. The molecule has 4 rings (SSSR count). The van der Waals surface area contributed by atoms with E-state index in [0.717, 1.165) is 17.0 Å². The van der Waals surface area contributed by atoms with Crippen molar-refractivity contribution >= 4 is 23.4 Å². The zero-order valence-corrected chi connectivity index (χ0v) is 19.0. The molecule has 0 fully saturated rings. The number of benzene rings is 1. The molecule has 0 saturated carbocycles. The molecule has 168 valence electrons. The Kier molecular flexibility index (Phi) is 7.16. The first-order valence-electron chi connectivity index (χ1n) is 10.2. The molecule has 0 bridgehead atoms. The Labute approximate surface area is 194 Å². The first-order valence-corrected chi connectivity index (χ1v) is 11.2. The van der Waals surface area contributed by atoms with E-state index in [9.17, 15) is 4.79 Å². The number of carbonyl (C=O) groups is 1. The Hall–Kier alpha value is -3.92. The third-order valence-corrected chi connectivity index (χ3v) is 5.45. The number of pyridine rings is 1. The SMILES string of the molecule is CCOc1ccc(-n2c(SCC(=O)NN=C(C)c3ccco3)nnc2-c2cccnc2)cc1. The molecule has 0 radical (unpaired) electrons. The molecule has 0 aliphatic rings. The molecule has 0 spiro atoms. The van der Waals surface area contributed by atoms with Crippen molar-refractivity contribution < 1.29 is 13.9 Å². The second-order valence-electron chi connectivity index (χ2n) is 6.81. The third kappa shape index (κ3) is 5.47. The van der Waals surface area contributed by atoms with Crippen LogP contribution in [-0.4, -0.2) is 43.7 Å². The van der Waals surface area contributed by atoms with Crippen LogP contribution in [0.15, 0.2) is 81.9 Å². The average Bonchev–Trinajstić information content (AvgIpc) is 3.53. The molecule has 1 aromatic carbocycles. The Morgan fingerprint density at radius 1 is 1.18 bits per heavy atom. The molecule has 0 saturated heterocycles. The lowest BCUT2D eigenvalue weighted by Crippen LogP contribution is -2.21. The van der Waals surface area contributed by atoms with Crippen molar-refractivity contribution in [2.75, 3.05) is 12.4 Å². The molecule has 10 heteroatoms. The number of carbonyl (C=O) groups excluding carboxylic acids is 1. The number of rotatable bonds is 9. The Morgan fingerprint density at radius 2 is 2.03 bits per heavy atom. The molecule has 3 aromatic heterocycles. The minimum absolute atomic E-state index is 0.108. The summed E-state index contributed by atoms with van der Waals surface area (Å²) in [7, 11) is 0. The number of hydrogen-bond donors (Lipinski definition) is 1. The van der Waals surface area contributed by atoms with Gasteiger partial charge in [0.2, 0.25) is 0 Å². The van der Waals surface area contributed by atoms with E-state index in [-0.39, 0.29) is 11.7 Å². The summed E-state index contributed by atoms with van der Waals surface area (Å²) in [5.74, 6) is 1.84. The van der Waals surface area contributed by atoms with Crippen molar-refractivity contribution in [3.8, 4) is 22.8 Å². The van der Waals surface area contributed by atoms with Crippen molar-refractivity contribution in [3.05, 3.63) is 72.9 Å². The summed E-state index contributed by atoms with van der Waals surface area (Å²) in [5, 5.41) is 13.3. The van der Waals surface area contributed by atoms with Crippen molar-refractivity contribution in [1.82, 2.24) is 25.2 Å². The Balaban J connectivity index is 1.54. The molecule has 0 aliphatic heterocycles. The van der Waals surface area contributed by atoms with Crippen LogP contribution in [0.3, 0.4) is 0 Å². The summed E-state index contributed by atoms with van der Waals surface area (Å²) in [5.41, 5.74) is 4.78. The van der Waals surface area contributed by atoms with Gasteiger partial charge in [-0.25, -0.2) is 5.43 Å². The van der Waals surface area contributed by atoms with Gasteiger partial charge in [-0.05, 0) is 62.4 Å². The highest BCUT2D eigenvalue weighted by atomic mass is 32.2. The van der Waals surface area contributed by atoms with E-state index < -0.39 is 0 Å². The van der Waals surface area contributed by atoms with Crippen LogP contribution in [0.2, 0.25) is 0 Å². The summed E-state index contributed by atoms with van der Waals surface area (Å²) in [6.07, 6.45) is 4.98. The Bertz CT molecular complexity index is 1220. The van der Waals surface area contributed by atoms with Gasteiger partial charge in [0.25, 0.3) is 5.91 Å². The minimum atomic E-state index is -0.268. The number of furan rings is 1. The lowest BCUT2D eigenvalue weighted by Gasteiger charge is -2.11. The summed E-state index contributed by atoms with van der Waals surface area (Å²) >= 11 is 1.26. The lowest BCUT2D eigenvalue weighted by atomic mass is 10.2. The molecule has 3 heterocycles. The van der Waals surface area contributed by atoms with Crippen LogP contribution in [0.25, 0.3) is 17.1 Å². The fourth-order valence-corrected chi connectivity index (χ4v) is 3.73. The van der Waals surface area contributed by atoms with Gasteiger partial charge in [-0.3, -0.25) is 14.3 Å². The zero-order valence-electron chi connectivity index (χ0n) is 18.1. The first kappa shape index (κ1) is 22.3. The van der Waals surface area contributed by atoms with Crippen LogP contribution in [0.5, 0.6) is 5.75 Å². The van der Waals surface area contributed by atoms with Gasteiger partial charge in [0.15, 0.2) is 11.0 Å². The van der Waals surface area contributed by atoms with Crippen molar-refractivity contribution in [3.63, 3.8) is 0 Å². The molecule has 1 amide bonds. The van der Waals surface area contributed by atoms with Gasteiger partial charge < -0.3 is 9.15 Å². The average molecular weight is 463 g/mol. The van der Waals surface area contributed by atoms with Gasteiger partial charge in [0.1, 0.15) is 17.2 Å². The molecule has 9 nitrogen and oxygen atoms in total. The van der Waals surface area contributed by atoms with Crippen LogP contribution in [0.1, 0.15) is 19.6 Å². The van der Waals surface area contributed by atoms with E-state index in [1.165, 1.54) is 11.8 Å². The fraction of sp³-hybridized carbons (Fsp3) is 0.174. The summed E-state index contributed by atoms with van der Waals surface area (Å²) in [6, 6.07) is 14.9. The highest BCUT2D eigenvalue weighted by Gasteiger charge is 2.17. The normalized spacial score (nSPS) is 11.4. The number of hydrazone groups is 1. The number of nitrogens with one attached hydrogen (secondary N) is 1. The lowest BCUT2D eigenvalue weighted by molar-refractivity contribution is -0.118. The van der Waals surface area contributed by atoms with Gasteiger partial charge in [-0.2, -0.15) is 5.10 Å². The second kappa shape index (κ2) is 10.6. The van der Waals surface area contributed by atoms with E-state index in [4.69, 9.17) is 9.15 Å². The van der Waals surface area contributed by atoms with Crippen LogP contribution >= 0.6 is 11.8 Å². The largest absolute Gasteiger partial charge is 0.494 e. The molecule has 0 aliphatic carbocycles. The minimum Gasteiger partial charge on any atom is -0.494 e. The first-order chi connectivity index (χ1) is 16.2. The molecule has 4 aromatic rings. The number of hydrogen-bond acceptors (Lipinski definition) is 8. The van der Waals surface area contributed by atoms with Crippen LogP contribution in [-0.2, 0) is 4.79 Å². The molecular weight excluding hydrogens is 440 g/mol. The number of ether oxygens (including phenoxy) is 1. The van der Waals surface area contributed by atoms with Gasteiger partial charge in [0.05, 0.1) is 18.6 Å². The molecule has 0 unspecified atom stereocenters. The maximum absolute atomic E-state index is 12.4. The second-order valence-corrected chi connectivity index (χ2v) is 7.75. The zero-order chi connectivity index (χ0) is 23.0. The summed E-state index contributed by atoms with van der Waals surface area (Å²) in [4.78, 5) is 16.6. The predicted octanol–water partition coefficient (Wildman–Crippen LogP) is 3.95. The standard InChI is InChI=1S/C23H22N6O3S/c1-3-31-19-10-8-18(9-11-19)29-22(17-6-4-12-24-14-17)27-28-23(29)33-15-21(30)26-25-16(2)20-7-5-13-32-20/h4-14H,3,15H2,1-2H3,(H,26,30). The van der Waals surface area contributed by atoms with Crippen molar-refractivity contribution in [1.29, 1.82) is 0 Å². The number of thioether (sulfide) groups is 1. The van der Waals surface area contributed by atoms with E-state index in [1.807, 2.05) is 47.9 Å². The van der Waals surface area contributed by atoms with Crippen LogP contribution < -0.4 is 10.2 Å². The van der Waals surface area contributed by atoms with E-state index in [0.29, 0.717) is 29.1 Å². The van der Waals surface area contributed by atoms with Gasteiger partial charge in [0, 0.05) is 23.6 Å². The topological polar surface area (TPSA) is 107 Å². The van der Waals surface area contributed by atoms with Gasteiger partial charge in [-0.1, -0.05) is 11.8 Å². The van der Waals surface area contributed by atoms with E-state index >= 15 is 0 Å². The molecule has 33 heavy (non-hydrogen) atoms. The molecular formula is C23H22N6O3S. The van der Waals surface area contributed by atoms with Crippen LogP contribution in [0.4, 0.5) is 0 Å². The highest BCUT2D eigenvalue weighted by molar-refractivity contribution is 7.99. The Morgan fingerprint density at radius 3 is 2.73 bits per heavy atom. The summed E-state index contributed by atoms with van der Waals surface area (Å²) in [6.45, 7) is 4.29. The van der Waals surface area contributed by atoms with E-state index in [1.54, 1.807) is 37.7 Å². The monoisotopic (exact) mass is 462 g/mol. The van der Waals surface area contributed by atoms with E-state index in [2.05, 4.69) is 25.7 Å². The maximum atomic E-state index is 12.4. The smallest absolute Gasteiger partial charge is 0.250 e. The maximum Gasteiger partial charge on any atom is 0.250 e. The predicted molar refractivity (Wildman–Crippen MR) is 126 cm³/mol. The van der Waals surface area contributed by atoms with Crippen molar-refractivity contribution in [2.45, 2.75) is 19.0 Å². The quantitative estimate of drug-likeness (QED) is 0.228. The van der Waals surface area contributed by atoms with Gasteiger partial charge >= 0.3 is 0 Å². The number of nitrogens with zero attached hydrogens (tertiary/aromatic N) is 5.